The summed E-state index contributed by atoms with van der Waals surface area (Å²) in [6.07, 6.45) is 0.539. The molecule has 0 saturated heterocycles. The lowest BCUT2D eigenvalue weighted by Crippen LogP contribution is -2.05. The van der Waals surface area contributed by atoms with Crippen LogP contribution in [-0.4, -0.2) is 15.3 Å². The van der Waals surface area contributed by atoms with Gasteiger partial charge in [-0.2, -0.15) is 0 Å². The largest absolute Gasteiger partial charge is 0.352 e. The van der Waals surface area contributed by atoms with Crippen molar-refractivity contribution in [1.29, 1.82) is 0 Å². The van der Waals surface area contributed by atoms with Crippen LogP contribution in [0.5, 0.6) is 0 Å². The fourth-order valence-electron chi connectivity index (χ4n) is 2.50. The Kier molecular flexibility index (Phi) is 3.92. The summed E-state index contributed by atoms with van der Waals surface area (Å²) >= 11 is 0. The normalized spacial score (nSPS) is 10.8. The molecule has 4 nitrogen and oxygen atoms in total. The summed E-state index contributed by atoms with van der Waals surface area (Å²) in [7, 11) is 2.00. The molecule has 1 heterocycles. The molecule has 1 N–H and O–H groups in total. The molecule has 0 aliphatic rings. The molecule has 0 fully saturated rings. The molecule has 2 aromatic carbocycles. The van der Waals surface area contributed by atoms with E-state index in [1.165, 1.54) is 0 Å². The van der Waals surface area contributed by atoms with Crippen LogP contribution in [0.4, 0.5) is 5.95 Å². The van der Waals surface area contributed by atoms with Crippen LogP contribution in [0.25, 0.3) is 11.0 Å². The van der Waals surface area contributed by atoms with E-state index in [0.29, 0.717) is 13.0 Å². The first-order valence-corrected chi connectivity index (χ1v) is 7.46. The van der Waals surface area contributed by atoms with Gasteiger partial charge in [-0.05, 0) is 17.7 Å². The van der Waals surface area contributed by atoms with Gasteiger partial charge in [-0.25, -0.2) is 4.98 Å². The minimum atomic E-state index is 0.176. The topological polar surface area (TPSA) is 46.9 Å². The molecule has 22 heavy (non-hydrogen) atoms. The number of ketones is 1. The zero-order chi connectivity index (χ0) is 15.5. The summed E-state index contributed by atoms with van der Waals surface area (Å²) in [5, 5.41) is 3.35. The van der Waals surface area contributed by atoms with Gasteiger partial charge in [0.05, 0.1) is 11.0 Å². The van der Waals surface area contributed by atoms with Crippen molar-refractivity contribution in [3.63, 3.8) is 0 Å². The molecule has 0 radical (unpaired) electrons. The van der Waals surface area contributed by atoms with E-state index in [0.717, 1.165) is 28.1 Å². The van der Waals surface area contributed by atoms with Gasteiger partial charge in [0.15, 0.2) is 5.78 Å². The number of rotatable bonds is 5. The average molecular weight is 293 g/mol. The van der Waals surface area contributed by atoms with Crippen molar-refractivity contribution in [2.24, 2.45) is 7.05 Å². The molecule has 0 aliphatic carbocycles. The number of nitrogens with zero attached hydrogens (tertiary/aromatic N) is 2. The zero-order valence-corrected chi connectivity index (χ0v) is 12.8. The first-order valence-electron chi connectivity index (χ1n) is 7.46. The van der Waals surface area contributed by atoms with Crippen molar-refractivity contribution in [2.45, 2.75) is 19.9 Å². The van der Waals surface area contributed by atoms with E-state index >= 15 is 0 Å². The molecule has 3 rings (SSSR count). The molecular weight excluding hydrogens is 274 g/mol. The van der Waals surface area contributed by atoms with Gasteiger partial charge in [-0.3, -0.25) is 4.79 Å². The second kappa shape index (κ2) is 6.02. The van der Waals surface area contributed by atoms with E-state index in [2.05, 4.69) is 16.4 Å². The molecule has 0 aliphatic heterocycles. The van der Waals surface area contributed by atoms with E-state index < -0.39 is 0 Å². The molecule has 3 aromatic rings. The molecule has 0 spiro atoms. The molecule has 112 valence electrons. The highest BCUT2D eigenvalue weighted by molar-refractivity contribution is 5.95. The Morgan fingerprint density at radius 3 is 2.55 bits per heavy atom. The van der Waals surface area contributed by atoms with Crippen molar-refractivity contribution in [3.8, 4) is 0 Å². The second-order valence-corrected chi connectivity index (χ2v) is 5.31. The lowest BCUT2D eigenvalue weighted by atomic mass is 10.1. The Morgan fingerprint density at radius 2 is 1.86 bits per heavy atom. The van der Waals surface area contributed by atoms with Crippen LogP contribution in [0.1, 0.15) is 29.3 Å². The van der Waals surface area contributed by atoms with E-state index in [-0.39, 0.29) is 5.78 Å². The molecule has 4 heteroatoms. The number of hydrogen-bond donors (Lipinski definition) is 1. The van der Waals surface area contributed by atoms with Crippen LogP contribution in [0.15, 0.2) is 48.5 Å². The van der Waals surface area contributed by atoms with E-state index in [9.17, 15) is 4.79 Å². The zero-order valence-electron chi connectivity index (χ0n) is 12.8. The predicted octanol–water partition coefficient (Wildman–Crippen LogP) is 3.78. The van der Waals surface area contributed by atoms with E-state index in [1.54, 1.807) is 0 Å². The average Bonchev–Trinajstić information content (AvgIpc) is 2.89. The first-order chi connectivity index (χ1) is 10.7. The number of aryl methyl sites for hydroxylation is 1. The number of para-hydroxylation sites is 2. The minimum absolute atomic E-state index is 0.176. The van der Waals surface area contributed by atoms with Crippen molar-refractivity contribution < 1.29 is 4.79 Å². The SMILES string of the molecule is CCC(=O)c1ccc(CNc2nc3ccccc3n2C)cc1. The third kappa shape index (κ3) is 2.72. The fourth-order valence-corrected chi connectivity index (χ4v) is 2.50. The van der Waals surface area contributed by atoms with Gasteiger partial charge in [0, 0.05) is 25.6 Å². The molecule has 0 bridgehead atoms. The van der Waals surface area contributed by atoms with Gasteiger partial charge in [0.1, 0.15) is 0 Å². The van der Waals surface area contributed by atoms with Crippen LogP contribution in [-0.2, 0) is 13.6 Å². The van der Waals surface area contributed by atoms with Gasteiger partial charge in [-0.1, -0.05) is 43.3 Å². The Morgan fingerprint density at radius 1 is 1.14 bits per heavy atom. The number of imidazole rings is 1. The number of carbonyl (C=O) groups excluding carboxylic acids is 1. The van der Waals surface area contributed by atoms with Crippen molar-refractivity contribution in [3.05, 3.63) is 59.7 Å². The third-order valence-electron chi connectivity index (χ3n) is 3.83. The Hall–Kier alpha value is -2.62. The number of anilines is 1. The predicted molar refractivity (Wildman–Crippen MR) is 89.1 cm³/mol. The van der Waals surface area contributed by atoms with Gasteiger partial charge in [0.25, 0.3) is 0 Å². The van der Waals surface area contributed by atoms with E-state index in [4.69, 9.17) is 0 Å². The number of carbonyl (C=O) groups is 1. The smallest absolute Gasteiger partial charge is 0.203 e. The number of benzene rings is 2. The standard InChI is InChI=1S/C18H19N3O/c1-3-17(22)14-10-8-13(9-11-14)12-19-18-20-15-6-4-5-7-16(15)21(18)2/h4-11H,3,12H2,1-2H3,(H,19,20). The Bertz CT molecular complexity index is 803. The van der Waals surface area contributed by atoms with Crippen molar-refractivity contribution >= 4 is 22.8 Å². The van der Waals surface area contributed by atoms with Crippen LogP contribution < -0.4 is 5.32 Å². The maximum atomic E-state index is 11.6. The maximum absolute atomic E-state index is 11.6. The number of aromatic nitrogens is 2. The summed E-state index contributed by atoms with van der Waals surface area (Å²) in [4.78, 5) is 16.2. The molecule has 0 saturated carbocycles. The second-order valence-electron chi connectivity index (χ2n) is 5.31. The van der Waals surface area contributed by atoms with Gasteiger partial charge in [-0.15, -0.1) is 0 Å². The number of Topliss-reactive ketones (excluding diaryl/α,β-unsaturated/α-hetero) is 1. The maximum Gasteiger partial charge on any atom is 0.203 e. The summed E-state index contributed by atoms with van der Waals surface area (Å²) in [6.45, 7) is 2.56. The summed E-state index contributed by atoms with van der Waals surface area (Å²) in [5.74, 6) is 1.02. The third-order valence-corrected chi connectivity index (χ3v) is 3.83. The van der Waals surface area contributed by atoms with Crippen LogP contribution in [0, 0.1) is 0 Å². The van der Waals surface area contributed by atoms with Crippen molar-refractivity contribution in [2.75, 3.05) is 5.32 Å². The minimum Gasteiger partial charge on any atom is -0.352 e. The summed E-state index contributed by atoms with van der Waals surface area (Å²) < 4.78 is 2.05. The fraction of sp³-hybridized carbons (Fsp3) is 0.222. The molecule has 1 aromatic heterocycles. The first kappa shape index (κ1) is 14.3. The monoisotopic (exact) mass is 293 g/mol. The van der Waals surface area contributed by atoms with Crippen molar-refractivity contribution in [1.82, 2.24) is 9.55 Å². The van der Waals surface area contributed by atoms with Gasteiger partial charge in [0.2, 0.25) is 5.95 Å². The highest BCUT2D eigenvalue weighted by atomic mass is 16.1. The molecular formula is C18H19N3O. The lowest BCUT2D eigenvalue weighted by molar-refractivity contribution is 0.0988. The van der Waals surface area contributed by atoms with Crippen LogP contribution in [0.3, 0.4) is 0 Å². The van der Waals surface area contributed by atoms with E-state index in [1.807, 2.05) is 61.0 Å². The van der Waals surface area contributed by atoms with Gasteiger partial charge >= 0.3 is 0 Å². The van der Waals surface area contributed by atoms with Gasteiger partial charge < -0.3 is 9.88 Å². The molecule has 0 unspecified atom stereocenters. The Labute approximate surface area is 129 Å². The number of nitrogens with one attached hydrogen (secondary N) is 1. The van der Waals surface area contributed by atoms with Crippen LogP contribution in [0.2, 0.25) is 0 Å². The highest BCUT2D eigenvalue weighted by Crippen LogP contribution is 2.18. The number of fused-ring (bicyclic) bond motifs is 1. The summed E-state index contributed by atoms with van der Waals surface area (Å²) in [5.41, 5.74) is 3.99. The summed E-state index contributed by atoms with van der Waals surface area (Å²) in [6, 6.07) is 15.8. The quantitative estimate of drug-likeness (QED) is 0.728. The van der Waals surface area contributed by atoms with Crippen LogP contribution >= 0.6 is 0 Å². The molecule has 0 amide bonds. The highest BCUT2D eigenvalue weighted by Gasteiger charge is 2.07. The lowest BCUT2D eigenvalue weighted by Gasteiger charge is -2.07. The number of hydrogen-bond acceptors (Lipinski definition) is 3. The Balaban J connectivity index is 1.74. The molecule has 0 atom stereocenters.